The van der Waals surface area contributed by atoms with Crippen molar-refractivity contribution in [3.63, 3.8) is 0 Å². The molecule has 2 N–H and O–H groups in total. The van der Waals surface area contributed by atoms with Crippen molar-refractivity contribution in [2.45, 2.75) is 30.7 Å². The minimum Gasteiger partial charge on any atom is -0.441 e. The van der Waals surface area contributed by atoms with Crippen molar-refractivity contribution in [3.05, 3.63) is 72.0 Å². The fourth-order valence-corrected chi connectivity index (χ4v) is 3.56. The Morgan fingerprint density at radius 1 is 1.23 bits per heavy atom. The molecule has 0 saturated carbocycles. The quantitative estimate of drug-likeness (QED) is 0.618. The molecule has 0 aliphatic rings. The average molecular weight is 431 g/mol. The molecule has 0 bridgehead atoms. The summed E-state index contributed by atoms with van der Waals surface area (Å²) in [6.45, 7) is 1.79. The Balaban J connectivity index is 1.65. The lowest BCUT2D eigenvalue weighted by atomic mass is 10.1. The van der Waals surface area contributed by atoms with Gasteiger partial charge in [-0.05, 0) is 36.8 Å². The standard InChI is InChI=1S/C21H22FN3O4S/c1-14(15-6-5-7-16(12-15)30(23,27)28)25(2)21(26)11-10-20-24-13-19(29-20)17-8-3-4-9-18(17)22/h3-9,12-14H,10-11H2,1-2H3,(H2,23,27,28). The predicted molar refractivity (Wildman–Crippen MR) is 109 cm³/mol. The van der Waals surface area contributed by atoms with Gasteiger partial charge in [0.1, 0.15) is 5.82 Å². The van der Waals surface area contributed by atoms with Crippen molar-refractivity contribution in [3.8, 4) is 11.3 Å². The number of hydrogen-bond acceptors (Lipinski definition) is 5. The van der Waals surface area contributed by atoms with Gasteiger partial charge in [-0.25, -0.2) is 22.9 Å². The topological polar surface area (TPSA) is 106 Å². The highest BCUT2D eigenvalue weighted by atomic mass is 32.2. The SMILES string of the molecule is CC(c1cccc(S(N)(=O)=O)c1)N(C)C(=O)CCc1ncc(-c2ccccc2F)o1. The third-order valence-corrected chi connectivity index (χ3v) is 5.80. The smallest absolute Gasteiger partial charge is 0.238 e. The second-order valence-corrected chi connectivity index (χ2v) is 8.46. The van der Waals surface area contributed by atoms with E-state index in [1.807, 2.05) is 0 Å². The largest absolute Gasteiger partial charge is 0.441 e. The van der Waals surface area contributed by atoms with Crippen LogP contribution in [0.4, 0.5) is 4.39 Å². The maximum Gasteiger partial charge on any atom is 0.238 e. The van der Waals surface area contributed by atoms with Crippen LogP contribution in [-0.2, 0) is 21.2 Å². The second kappa shape index (κ2) is 8.76. The Bertz CT molecular complexity index is 1160. The monoisotopic (exact) mass is 431 g/mol. The van der Waals surface area contributed by atoms with Crippen LogP contribution in [0.2, 0.25) is 0 Å². The molecule has 1 heterocycles. The van der Waals surface area contributed by atoms with Crippen molar-refractivity contribution in [2.75, 3.05) is 7.05 Å². The zero-order chi connectivity index (χ0) is 21.9. The Morgan fingerprint density at radius 2 is 1.97 bits per heavy atom. The summed E-state index contributed by atoms with van der Waals surface area (Å²) in [6.07, 6.45) is 1.82. The minimum absolute atomic E-state index is 0.00634. The van der Waals surface area contributed by atoms with Crippen LogP contribution < -0.4 is 5.14 Å². The number of nitrogens with two attached hydrogens (primary N) is 1. The molecule has 2 aromatic carbocycles. The molecule has 9 heteroatoms. The fourth-order valence-electron chi connectivity index (χ4n) is 2.99. The Kier molecular flexibility index (Phi) is 6.33. The lowest BCUT2D eigenvalue weighted by molar-refractivity contribution is -0.131. The van der Waals surface area contributed by atoms with Gasteiger partial charge in [-0.1, -0.05) is 24.3 Å². The number of oxazole rings is 1. The first kappa shape index (κ1) is 21.7. The molecule has 30 heavy (non-hydrogen) atoms. The average Bonchev–Trinajstić information content (AvgIpc) is 3.19. The first-order valence-corrected chi connectivity index (χ1v) is 10.8. The Hall–Kier alpha value is -3.04. The number of amides is 1. The summed E-state index contributed by atoms with van der Waals surface area (Å²) >= 11 is 0. The van der Waals surface area contributed by atoms with Crippen LogP contribution in [0.3, 0.4) is 0 Å². The van der Waals surface area contributed by atoms with Gasteiger partial charge < -0.3 is 9.32 Å². The molecule has 1 atom stereocenters. The summed E-state index contributed by atoms with van der Waals surface area (Å²) in [6, 6.07) is 12.0. The zero-order valence-corrected chi connectivity index (χ0v) is 17.4. The van der Waals surface area contributed by atoms with Crippen molar-refractivity contribution in [2.24, 2.45) is 5.14 Å². The van der Waals surface area contributed by atoms with Gasteiger partial charge in [-0.15, -0.1) is 0 Å². The van der Waals surface area contributed by atoms with Gasteiger partial charge in [0.05, 0.1) is 22.7 Å². The molecule has 0 radical (unpaired) electrons. The normalized spacial score (nSPS) is 12.5. The lowest BCUT2D eigenvalue weighted by Gasteiger charge is -2.25. The second-order valence-electron chi connectivity index (χ2n) is 6.90. The predicted octanol–water partition coefficient (Wildman–Crippen LogP) is 3.28. The van der Waals surface area contributed by atoms with E-state index in [2.05, 4.69) is 4.98 Å². The summed E-state index contributed by atoms with van der Waals surface area (Å²) in [5.74, 6) is 0.0525. The number of sulfonamides is 1. The summed E-state index contributed by atoms with van der Waals surface area (Å²) in [4.78, 5) is 18.2. The number of nitrogens with zero attached hydrogens (tertiary/aromatic N) is 2. The van der Waals surface area contributed by atoms with Gasteiger partial charge in [0.15, 0.2) is 11.7 Å². The number of benzene rings is 2. The number of carbonyl (C=O) groups is 1. The van der Waals surface area contributed by atoms with Crippen LogP contribution >= 0.6 is 0 Å². The van der Waals surface area contributed by atoms with E-state index in [-0.39, 0.29) is 29.7 Å². The highest BCUT2D eigenvalue weighted by molar-refractivity contribution is 7.89. The van der Waals surface area contributed by atoms with E-state index in [4.69, 9.17) is 9.56 Å². The van der Waals surface area contributed by atoms with Gasteiger partial charge in [-0.3, -0.25) is 4.79 Å². The van der Waals surface area contributed by atoms with Crippen LogP contribution in [0.15, 0.2) is 64.0 Å². The van der Waals surface area contributed by atoms with E-state index < -0.39 is 15.8 Å². The Labute approximate surface area is 174 Å². The molecule has 3 rings (SSSR count). The number of hydrogen-bond donors (Lipinski definition) is 1. The van der Waals surface area contributed by atoms with Crippen molar-refractivity contribution in [1.82, 2.24) is 9.88 Å². The van der Waals surface area contributed by atoms with Gasteiger partial charge in [0, 0.05) is 19.9 Å². The van der Waals surface area contributed by atoms with Crippen LogP contribution in [0, 0.1) is 5.82 Å². The molecule has 0 fully saturated rings. The molecule has 3 aromatic rings. The molecular formula is C21H22FN3O4S. The summed E-state index contributed by atoms with van der Waals surface area (Å²) in [5, 5.41) is 5.18. The zero-order valence-electron chi connectivity index (χ0n) is 16.6. The van der Waals surface area contributed by atoms with Gasteiger partial charge >= 0.3 is 0 Å². The molecule has 1 amide bonds. The van der Waals surface area contributed by atoms with Crippen LogP contribution in [0.25, 0.3) is 11.3 Å². The molecule has 158 valence electrons. The minimum atomic E-state index is -3.83. The van der Waals surface area contributed by atoms with E-state index in [9.17, 15) is 17.6 Å². The molecule has 0 spiro atoms. The van der Waals surface area contributed by atoms with Crippen LogP contribution in [-0.4, -0.2) is 31.3 Å². The number of primary sulfonamides is 1. The van der Waals surface area contributed by atoms with Crippen LogP contribution in [0.5, 0.6) is 0 Å². The summed E-state index contributed by atoms with van der Waals surface area (Å²) in [7, 11) is -2.19. The molecule has 1 unspecified atom stereocenters. The van der Waals surface area contributed by atoms with Gasteiger partial charge in [-0.2, -0.15) is 0 Å². The number of halogens is 1. The third-order valence-electron chi connectivity index (χ3n) is 4.89. The third kappa shape index (κ3) is 4.92. The number of rotatable bonds is 7. The maximum atomic E-state index is 13.9. The van der Waals surface area contributed by atoms with Crippen molar-refractivity contribution >= 4 is 15.9 Å². The number of carbonyl (C=O) groups excluding carboxylic acids is 1. The van der Waals surface area contributed by atoms with Crippen LogP contribution in [0.1, 0.15) is 30.8 Å². The van der Waals surface area contributed by atoms with E-state index in [1.54, 1.807) is 44.3 Å². The Morgan fingerprint density at radius 3 is 2.67 bits per heavy atom. The molecule has 7 nitrogen and oxygen atoms in total. The van der Waals surface area contributed by atoms with E-state index in [0.29, 0.717) is 22.8 Å². The van der Waals surface area contributed by atoms with E-state index in [1.165, 1.54) is 29.3 Å². The number of aryl methyl sites for hydroxylation is 1. The fraction of sp³-hybridized carbons (Fsp3) is 0.238. The highest BCUT2D eigenvalue weighted by Crippen LogP contribution is 2.25. The molecule has 0 saturated heterocycles. The van der Waals surface area contributed by atoms with Crippen molar-refractivity contribution < 1.29 is 22.0 Å². The van der Waals surface area contributed by atoms with Crippen molar-refractivity contribution in [1.29, 1.82) is 0 Å². The lowest BCUT2D eigenvalue weighted by Crippen LogP contribution is -2.30. The molecular weight excluding hydrogens is 409 g/mol. The molecule has 0 aliphatic carbocycles. The molecule has 0 aliphatic heterocycles. The van der Waals surface area contributed by atoms with E-state index >= 15 is 0 Å². The van der Waals surface area contributed by atoms with Gasteiger partial charge in [0.2, 0.25) is 15.9 Å². The first-order chi connectivity index (χ1) is 14.2. The highest BCUT2D eigenvalue weighted by Gasteiger charge is 2.20. The van der Waals surface area contributed by atoms with Gasteiger partial charge in [0.25, 0.3) is 0 Å². The summed E-state index contributed by atoms with van der Waals surface area (Å²) < 4.78 is 42.5. The molecule has 1 aromatic heterocycles. The first-order valence-electron chi connectivity index (χ1n) is 9.25. The number of aromatic nitrogens is 1. The van der Waals surface area contributed by atoms with E-state index in [0.717, 1.165) is 0 Å². The maximum absolute atomic E-state index is 13.9. The summed E-state index contributed by atoms with van der Waals surface area (Å²) in [5.41, 5.74) is 0.957.